The molecule has 0 spiro atoms. The van der Waals surface area contributed by atoms with Gasteiger partial charge < -0.3 is 15.2 Å². The fraction of sp³-hybridized carbons (Fsp3) is 0.389. The molecule has 1 saturated heterocycles. The standard InChI is InChI=1S/C18H18F3N7O/c1-10-5-23-15(12-7-24-14-11(12)6-22-9-26-14)27-16(10)28-4-2-3-13(28)17(29)25-8-18(19,20)21/h5-7,9,13H,2-4,8H2,1H3,(H,25,29)(H,22,24,26)/t13-/m1/s1. The average Bonchev–Trinajstić information content (AvgIpc) is 3.33. The van der Waals surface area contributed by atoms with E-state index in [4.69, 9.17) is 0 Å². The SMILES string of the molecule is Cc1cnc(-c2c[nH]c3ncncc23)nc1N1CCC[C@@H]1C(=O)NCC(F)(F)F. The molecule has 3 aromatic rings. The number of carbonyl (C=O) groups is 1. The predicted octanol–water partition coefficient (Wildman–Crippen LogP) is 2.37. The molecule has 1 atom stereocenters. The maximum Gasteiger partial charge on any atom is 0.405 e. The van der Waals surface area contributed by atoms with Gasteiger partial charge >= 0.3 is 6.18 Å². The van der Waals surface area contributed by atoms with Gasteiger partial charge in [-0.15, -0.1) is 0 Å². The second-order valence-electron chi connectivity index (χ2n) is 6.87. The van der Waals surface area contributed by atoms with Crippen molar-refractivity contribution in [2.75, 3.05) is 18.0 Å². The largest absolute Gasteiger partial charge is 0.405 e. The molecule has 4 heterocycles. The summed E-state index contributed by atoms with van der Waals surface area (Å²) in [6, 6.07) is -0.704. The third kappa shape index (κ3) is 3.84. The zero-order valence-electron chi connectivity index (χ0n) is 15.5. The van der Waals surface area contributed by atoms with Gasteiger partial charge in [0.15, 0.2) is 5.82 Å². The quantitative estimate of drug-likeness (QED) is 0.691. The average molecular weight is 405 g/mol. The molecule has 1 aliphatic rings. The van der Waals surface area contributed by atoms with E-state index in [1.807, 2.05) is 5.32 Å². The number of aromatic amines is 1. The first-order chi connectivity index (χ1) is 13.8. The lowest BCUT2D eigenvalue weighted by atomic mass is 10.2. The molecule has 0 radical (unpaired) electrons. The first-order valence-corrected chi connectivity index (χ1v) is 9.06. The summed E-state index contributed by atoms with van der Waals surface area (Å²) in [4.78, 5) is 34.3. The number of carbonyl (C=O) groups excluding carboxylic acids is 1. The Morgan fingerprint density at radius 3 is 2.97 bits per heavy atom. The molecular formula is C18H18F3N7O. The summed E-state index contributed by atoms with van der Waals surface area (Å²) in [6.07, 6.45) is 3.15. The summed E-state index contributed by atoms with van der Waals surface area (Å²) in [5.41, 5.74) is 2.09. The van der Waals surface area contributed by atoms with E-state index in [0.717, 1.165) is 10.9 Å². The van der Waals surface area contributed by atoms with Crippen molar-refractivity contribution < 1.29 is 18.0 Å². The van der Waals surface area contributed by atoms with Crippen LogP contribution in [0.15, 0.2) is 24.9 Å². The molecule has 4 rings (SSSR count). The van der Waals surface area contributed by atoms with Gasteiger partial charge in [0.1, 0.15) is 30.4 Å². The number of rotatable bonds is 4. The van der Waals surface area contributed by atoms with Crippen LogP contribution in [-0.2, 0) is 4.79 Å². The van der Waals surface area contributed by atoms with Crippen LogP contribution in [0.1, 0.15) is 18.4 Å². The summed E-state index contributed by atoms with van der Waals surface area (Å²) in [5.74, 6) is 0.304. The molecule has 0 aromatic carbocycles. The molecule has 0 unspecified atom stereocenters. The minimum atomic E-state index is -4.45. The van der Waals surface area contributed by atoms with E-state index >= 15 is 0 Å². The second-order valence-corrected chi connectivity index (χ2v) is 6.87. The van der Waals surface area contributed by atoms with Gasteiger partial charge in [-0.25, -0.2) is 19.9 Å². The maximum absolute atomic E-state index is 12.5. The van der Waals surface area contributed by atoms with Gasteiger partial charge in [-0.3, -0.25) is 4.79 Å². The highest BCUT2D eigenvalue weighted by molar-refractivity contribution is 5.91. The Hall–Kier alpha value is -3.24. The van der Waals surface area contributed by atoms with Crippen LogP contribution in [-0.4, -0.2) is 56.1 Å². The highest BCUT2D eigenvalue weighted by atomic mass is 19.4. The first kappa shape index (κ1) is 19.1. The molecule has 1 aliphatic heterocycles. The van der Waals surface area contributed by atoms with Gasteiger partial charge in [0.25, 0.3) is 0 Å². The Morgan fingerprint density at radius 2 is 2.17 bits per heavy atom. The molecule has 8 nitrogen and oxygen atoms in total. The van der Waals surface area contributed by atoms with Crippen LogP contribution in [0.3, 0.4) is 0 Å². The Bertz CT molecular complexity index is 1050. The van der Waals surface area contributed by atoms with Crippen molar-refractivity contribution in [2.45, 2.75) is 32.0 Å². The van der Waals surface area contributed by atoms with Crippen LogP contribution in [0, 0.1) is 6.92 Å². The highest BCUT2D eigenvalue weighted by Gasteiger charge is 2.35. The first-order valence-electron chi connectivity index (χ1n) is 9.06. The number of alkyl halides is 3. The lowest BCUT2D eigenvalue weighted by Crippen LogP contribution is -2.46. The number of aromatic nitrogens is 5. The number of hydrogen-bond acceptors (Lipinski definition) is 6. The fourth-order valence-corrected chi connectivity index (χ4v) is 3.50. The van der Waals surface area contributed by atoms with Crippen LogP contribution in [0.2, 0.25) is 0 Å². The normalized spacial score (nSPS) is 17.1. The van der Waals surface area contributed by atoms with Crippen LogP contribution in [0.5, 0.6) is 0 Å². The number of nitrogens with zero attached hydrogens (tertiary/aromatic N) is 5. The smallest absolute Gasteiger partial charge is 0.345 e. The van der Waals surface area contributed by atoms with E-state index in [0.29, 0.717) is 42.2 Å². The minimum absolute atomic E-state index is 0.424. The molecule has 2 N–H and O–H groups in total. The lowest BCUT2D eigenvalue weighted by molar-refractivity contribution is -0.139. The predicted molar refractivity (Wildman–Crippen MR) is 99.1 cm³/mol. The van der Waals surface area contributed by atoms with E-state index < -0.39 is 24.7 Å². The minimum Gasteiger partial charge on any atom is -0.345 e. The van der Waals surface area contributed by atoms with E-state index in [1.54, 1.807) is 30.4 Å². The van der Waals surface area contributed by atoms with E-state index in [-0.39, 0.29) is 0 Å². The Morgan fingerprint density at radius 1 is 1.34 bits per heavy atom. The summed E-state index contributed by atoms with van der Waals surface area (Å²) in [7, 11) is 0. The van der Waals surface area contributed by atoms with Gasteiger partial charge in [0.05, 0.1) is 0 Å². The van der Waals surface area contributed by atoms with Crippen molar-refractivity contribution in [1.82, 2.24) is 30.2 Å². The van der Waals surface area contributed by atoms with Crippen molar-refractivity contribution >= 4 is 22.8 Å². The Balaban J connectivity index is 1.64. The molecule has 11 heteroatoms. The van der Waals surface area contributed by atoms with Gasteiger partial charge in [-0.1, -0.05) is 0 Å². The monoisotopic (exact) mass is 405 g/mol. The third-order valence-electron chi connectivity index (χ3n) is 4.83. The third-order valence-corrected chi connectivity index (χ3v) is 4.83. The topological polar surface area (TPSA) is 99.7 Å². The van der Waals surface area contributed by atoms with Gasteiger partial charge in [0.2, 0.25) is 5.91 Å². The summed E-state index contributed by atoms with van der Waals surface area (Å²) >= 11 is 0. The second kappa shape index (κ2) is 7.30. The van der Waals surface area contributed by atoms with E-state index in [1.165, 1.54) is 6.33 Å². The molecule has 0 aliphatic carbocycles. The van der Waals surface area contributed by atoms with Gasteiger partial charge in [0, 0.05) is 41.6 Å². The molecule has 152 valence electrons. The van der Waals surface area contributed by atoms with E-state index in [9.17, 15) is 18.0 Å². The van der Waals surface area contributed by atoms with Crippen LogP contribution in [0.4, 0.5) is 19.0 Å². The Labute approximate surface area is 163 Å². The summed E-state index contributed by atoms with van der Waals surface area (Å²) < 4.78 is 37.4. The molecule has 1 amide bonds. The molecule has 0 bridgehead atoms. The summed E-state index contributed by atoms with van der Waals surface area (Å²) in [5, 5.41) is 2.73. The summed E-state index contributed by atoms with van der Waals surface area (Å²) in [6.45, 7) is 0.984. The number of amides is 1. The molecular weight excluding hydrogens is 387 g/mol. The van der Waals surface area contributed by atoms with Crippen LogP contribution < -0.4 is 10.2 Å². The number of nitrogens with one attached hydrogen (secondary N) is 2. The number of fused-ring (bicyclic) bond motifs is 1. The highest BCUT2D eigenvalue weighted by Crippen LogP contribution is 2.30. The zero-order chi connectivity index (χ0) is 20.6. The zero-order valence-corrected chi connectivity index (χ0v) is 15.5. The number of anilines is 1. The van der Waals surface area contributed by atoms with Crippen molar-refractivity contribution in [3.05, 3.63) is 30.5 Å². The lowest BCUT2D eigenvalue weighted by Gasteiger charge is -2.26. The Kier molecular flexibility index (Phi) is 4.81. The number of H-pyrrole nitrogens is 1. The fourth-order valence-electron chi connectivity index (χ4n) is 3.50. The molecule has 29 heavy (non-hydrogen) atoms. The van der Waals surface area contributed by atoms with Crippen molar-refractivity contribution in [2.24, 2.45) is 0 Å². The molecule has 3 aromatic heterocycles. The van der Waals surface area contributed by atoms with Gasteiger partial charge in [-0.2, -0.15) is 13.2 Å². The molecule has 0 saturated carbocycles. The number of hydrogen-bond donors (Lipinski definition) is 2. The van der Waals surface area contributed by atoms with E-state index in [2.05, 4.69) is 24.9 Å². The molecule has 1 fully saturated rings. The maximum atomic E-state index is 12.5. The van der Waals surface area contributed by atoms with Crippen molar-refractivity contribution in [3.63, 3.8) is 0 Å². The van der Waals surface area contributed by atoms with Crippen LogP contribution in [0.25, 0.3) is 22.4 Å². The van der Waals surface area contributed by atoms with Crippen molar-refractivity contribution in [3.8, 4) is 11.4 Å². The van der Waals surface area contributed by atoms with Crippen molar-refractivity contribution in [1.29, 1.82) is 0 Å². The van der Waals surface area contributed by atoms with Gasteiger partial charge in [-0.05, 0) is 19.8 Å². The number of halogens is 3. The number of aryl methyl sites for hydroxylation is 1. The van der Waals surface area contributed by atoms with Crippen LogP contribution >= 0.6 is 0 Å².